The maximum absolute atomic E-state index is 4.52. The molecule has 0 unspecified atom stereocenters. The molecule has 0 saturated heterocycles. The largest absolute Gasteiger partial charge is 1.00 e. The minimum Gasteiger partial charge on any atom is -1.00 e. The van der Waals surface area contributed by atoms with Crippen molar-refractivity contribution in [2.45, 2.75) is 13.5 Å². The van der Waals surface area contributed by atoms with Crippen molar-refractivity contribution in [3.63, 3.8) is 0 Å². The number of aliphatic imine (C=N–C) groups is 1. The quantitative estimate of drug-likeness (QED) is 0.409. The van der Waals surface area contributed by atoms with Gasteiger partial charge in [0.05, 0.1) is 11.9 Å². The Balaban J connectivity index is 0.00000200. The third-order valence-electron chi connectivity index (χ3n) is 3.03. The van der Waals surface area contributed by atoms with Gasteiger partial charge in [-0.1, -0.05) is 0 Å². The van der Waals surface area contributed by atoms with Gasteiger partial charge in [0.2, 0.25) is 5.69 Å². The second-order valence-corrected chi connectivity index (χ2v) is 4.58. The first-order valence-corrected chi connectivity index (χ1v) is 6.50. The first-order valence-electron chi connectivity index (χ1n) is 6.50. The molecule has 0 aliphatic carbocycles. The highest BCUT2D eigenvalue weighted by atomic mass is 127. The van der Waals surface area contributed by atoms with Crippen molar-refractivity contribution in [2.75, 3.05) is 19.0 Å². The molecule has 0 radical (unpaired) electrons. The minimum atomic E-state index is 0. The molecule has 1 aromatic heterocycles. The Kier molecular flexibility index (Phi) is 6.64. The van der Waals surface area contributed by atoms with E-state index in [-0.39, 0.29) is 24.0 Å². The lowest BCUT2D eigenvalue weighted by Gasteiger charge is -2.11. The summed E-state index contributed by atoms with van der Waals surface area (Å²) in [4.78, 5) is 6.60. The van der Waals surface area contributed by atoms with Gasteiger partial charge in [0.1, 0.15) is 6.54 Å². The average Bonchev–Trinajstić information content (AvgIpc) is 2.45. The number of halogens is 1. The van der Waals surface area contributed by atoms with E-state index in [0.29, 0.717) is 0 Å². The standard InChI is InChI=1S/C16H20N3.HI/c1-4-19-12-6-5-7-16(19)13-17-14-8-10-15(11-9-14)18(2)3;/h5-13H,4H2,1-3H3;1H/q+1;/p-1. The molecule has 1 aromatic carbocycles. The van der Waals surface area contributed by atoms with Crippen LogP contribution in [0.5, 0.6) is 0 Å². The number of aromatic nitrogens is 1. The van der Waals surface area contributed by atoms with Gasteiger partial charge in [0.25, 0.3) is 0 Å². The predicted molar refractivity (Wildman–Crippen MR) is 80.3 cm³/mol. The summed E-state index contributed by atoms with van der Waals surface area (Å²) in [5.74, 6) is 0. The molecular formula is C16H20IN3. The van der Waals surface area contributed by atoms with E-state index >= 15 is 0 Å². The SMILES string of the molecule is CC[n+]1ccccc1C=Nc1ccc(N(C)C)cc1.[I-]. The molecule has 3 nitrogen and oxygen atoms in total. The number of hydrogen-bond acceptors (Lipinski definition) is 2. The van der Waals surface area contributed by atoms with Crippen molar-refractivity contribution in [1.82, 2.24) is 0 Å². The summed E-state index contributed by atoms with van der Waals surface area (Å²) in [5.41, 5.74) is 3.26. The van der Waals surface area contributed by atoms with Gasteiger partial charge in [-0.3, -0.25) is 0 Å². The van der Waals surface area contributed by atoms with Crippen molar-refractivity contribution < 1.29 is 28.5 Å². The van der Waals surface area contributed by atoms with Crippen LogP contribution in [0, 0.1) is 0 Å². The van der Waals surface area contributed by atoms with E-state index < -0.39 is 0 Å². The molecule has 0 saturated carbocycles. The average molecular weight is 381 g/mol. The molecule has 0 aliphatic heterocycles. The third-order valence-corrected chi connectivity index (χ3v) is 3.03. The molecule has 0 amide bonds. The minimum absolute atomic E-state index is 0. The number of anilines is 1. The number of aryl methyl sites for hydroxylation is 1. The third kappa shape index (κ3) is 4.30. The van der Waals surface area contributed by atoms with Crippen molar-refractivity contribution >= 4 is 17.6 Å². The van der Waals surface area contributed by atoms with E-state index in [9.17, 15) is 0 Å². The molecule has 0 aliphatic rings. The van der Waals surface area contributed by atoms with Crippen molar-refractivity contribution in [3.8, 4) is 0 Å². The van der Waals surface area contributed by atoms with Crippen LogP contribution in [0.3, 0.4) is 0 Å². The summed E-state index contributed by atoms with van der Waals surface area (Å²) in [5, 5.41) is 0. The van der Waals surface area contributed by atoms with Crippen LogP contribution in [0.1, 0.15) is 12.6 Å². The Hall–Kier alpha value is -1.43. The van der Waals surface area contributed by atoms with Crippen molar-refractivity contribution in [1.29, 1.82) is 0 Å². The van der Waals surface area contributed by atoms with Gasteiger partial charge >= 0.3 is 0 Å². The van der Waals surface area contributed by atoms with Gasteiger partial charge < -0.3 is 28.9 Å². The normalized spacial score (nSPS) is 10.3. The number of benzene rings is 1. The highest BCUT2D eigenvalue weighted by Crippen LogP contribution is 2.17. The van der Waals surface area contributed by atoms with Crippen LogP contribution in [-0.2, 0) is 6.54 Å². The fourth-order valence-corrected chi connectivity index (χ4v) is 1.87. The fourth-order valence-electron chi connectivity index (χ4n) is 1.87. The van der Waals surface area contributed by atoms with Gasteiger partial charge in [-0.25, -0.2) is 4.99 Å². The summed E-state index contributed by atoms with van der Waals surface area (Å²) >= 11 is 0. The van der Waals surface area contributed by atoms with Crippen LogP contribution >= 0.6 is 0 Å². The Morgan fingerprint density at radius 1 is 1.10 bits per heavy atom. The lowest BCUT2D eigenvalue weighted by atomic mass is 10.2. The van der Waals surface area contributed by atoms with Crippen LogP contribution in [0.15, 0.2) is 53.7 Å². The summed E-state index contributed by atoms with van der Waals surface area (Å²) in [6, 6.07) is 14.4. The van der Waals surface area contributed by atoms with Crippen LogP contribution in [-0.4, -0.2) is 20.3 Å². The number of hydrogen-bond donors (Lipinski definition) is 0. The summed E-state index contributed by atoms with van der Waals surface area (Å²) in [7, 11) is 4.07. The Morgan fingerprint density at radius 3 is 2.40 bits per heavy atom. The molecule has 4 heteroatoms. The van der Waals surface area contributed by atoms with E-state index in [1.54, 1.807) is 0 Å². The lowest BCUT2D eigenvalue weighted by Crippen LogP contribution is -3.00. The van der Waals surface area contributed by atoms with E-state index in [1.807, 2.05) is 44.6 Å². The van der Waals surface area contributed by atoms with Crippen molar-refractivity contribution in [2.24, 2.45) is 4.99 Å². The number of pyridine rings is 1. The first kappa shape index (κ1) is 16.6. The van der Waals surface area contributed by atoms with Crippen molar-refractivity contribution in [3.05, 3.63) is 54.4 Å². The van der Waals surface area contributed by atoms with Crippen LogP contribution in [0.2, 0.25) is 0 Å². The molecule has 0 N–H and O–H groups in total. The Bertz CT molecular complexity index is 562. The maximum atomic E-state index is 4.52. The van der Waals surface area contributed by atoms with Gasteiger partial charge in [-0.05, 0) is 37.3 Å². The van der Waals surface area contributed by atoms with Gasteiger partial charge in [-0.15, -0.1) is 0 Å². The zero-order chi connectivity index (χ0) is 13.7. The second kappa shape index (κ2) is 7.99. The molecule has 2 rings (SSSR count). The summed E-state index contributed by atoms with van der Waals surface area (Å²) in [6.07, 6.45) is 3.98. The van der Waals surface area contributed by atoms with E-state index in [2.05, 4.69) is 45.8 Å². The van der Waals surface area contributed by atoms with Gasteiger partial charge in [0, 0.05) is 31.9 Å². The molecule has 0 bridgehead atoms. The summed E-state index contributed by atoms with van der Waals surface area (Å²) < 4.78 is 2.16. The lowest BCUT2D eigenvalue weighted by molar-refractivity contribution is -0.694. The molecule has 0 fully saturated rings. The smallest absolute Gasteiger partial charge is 0.223 e. The van der Waals surface area contributed by atoms with Crippen LogP contribution in [0.4, 0.5) is 11.4 Å². The van der Waals surface area contributed by atoms with E-state index in [1.165, 1.54) is 5.69 Å². The van der Waals surface area contributed by atoms with E-state index in [0.717, 1.165) is 17.9 Å². The monoisotopic (exact) mass is 381 g/mol. The predicted octanol–water partition coefficient (Wildman–Crippen LogP) is -0.185. The fraction of sp³-hybridized carbons (Fsp3) is 0.250. The molecule has 106 valence electrons. The first-order chi connectivity index (χ1) is 9.20. The van der Waals surface area contributed by atoms with Crippen LogP contribution < -0.4 is 33.4 Å². The highest BCUT2D eigenvalue weighted by molar-refractivity contribution is 5.78. The molecule has 1 heterocycles. The van der Waals surface area contributed by atoms with E-state index in [4.69, 9.17) is 0 Å². The zero-order valence-electron chi connectivity index (χ0n) is 12.1. The maximum Gasteiger partial charge on any atom is 0.223 e. The molecular weight excluding hydrogens is 361 g/mol. The highest BCUT2D eigenvalue weighted by Gasteiger charge is 2.03. The Morgan fingerprint density at radius 2 is 1.80 bits per heavy atom. The number of nitrogens with zero attached hydrogens (tertiary/aromatic N) is 3. The second-order valence-electron chi connectivity index (χ2n) is 4.58. The molecule has 0 atom stereocenters. The molecule has 2 aromatic rings. The number of rotatable bonds is 4. The van der Waals surface area contributed by atoms with Gasteiger partial charge in [0.15, 0.2) is 6.20 Å². The Labute approximate surface area is 138 Å². The van der Waals surface area contributed by atoms with Gasteiger partial charge in [-0.2, -0.15) is 4.57 Å². The van der Waals surface area contributed by atoms with Crippen LogP contribution in [0.25, 0.3) is 0 Å². The summed E-state index contributed by atoms with van der Waals surface area (Å²) in [6.45, 7) is 3.07. The molecule has 0 spiro atoms. The zero-order valence-corrected chi connectivity index (χ0v) is 14.3. The molecule has 20 heavy (non-hydrogen) atoms. The topological polar surface area (TPSA) is 19.5 Å².